The molecule has 2 rings (SSSR count). The van der Waals surface area contributed by atoms with E-state index in [1.165, 1.54) is 12.1 Å². The van der Waals surface area contributed by atoms with Crippen molar-refractivity contribution < 1.29 is 13.2 Å². The highest BCUT2D eigenvalue weighted by Crippen LogP contribution is 2.16. The van der Waals surface area contributed by atoms with Crippen molar-refractivity contribution in [3.63, 3.8) is 0 Å². The number of sulfonamides is 1. The van der Waals surface area contributed by atoms with E-state index in [0.29, 0.717) is 0 Å². The minimum absolute atomic E-state index is 0.125. The summed E-state index contributed by atoms with van der Waals surface area (Å²) in [6.45, 7) is 3.20. The van der Waals surface area contributed by atoms with Gasteiger partial charge in [0.25, 0.3) is 0 Å². The molecule has 0 aromatic heterocycles. The first-order chi connectivity index (χ1) is 8.97. The fourth-order valence-electron chi connectivity index (χ4n) is 2.04. The van der Waals surface area contributed by atoms with Crippen LogP contribution in [0.2, 0.25) is 0 Å². The van der Waals surface area contributed by atoms with Gasteiger partial charge in [-0.05, 0) is 24.3 Å². The highest BCUT2D eigenvalue weighted by atomic mass is 32.2. The standard InChI is InChI=1S/C12H19N3O3S/c1-15(9-11-8-14-6-7-18-11)10-2-4-12(5-3-10)19(13,16)17/h2-5,11,14H,6-9H2,1H3,(H2,13,16,17). The van der Waals surface area contributed by atoms with E-state index in [1.54, 1.807) is 12.1 Å². The van der Waals surface area contributed by atoms with Gasteiger partial charge in [-0.25, -0.2) is 13.6 Å². The van der Waals surface area contributed by atoms with Crippen molar-refractivity contribution in [2.45, 2.75) is 11.0 Å². The van der Waals surface area contributed by atoms with E-state index in [0.717, 1.165) is 31.9 Å². The second kappa shape index (κ2) is 5.87. The Labute approximate surface area is 113 Å². The van der Waals surface area contributed by atoms with Crippen molar-refractivity contribution in [1.82, 2.24) is 5.32 Å². The zero-order valence-electron chi connectivity index (χ0n) is 10.9. The fourth-order valence-corrected chi connectivity index (χ4v) is 2.55. The van der Waals surface area contributed by atoms with E-state index in [1.807, 2.05) is 11.9 Å². The molecule has 0 aliphatic carbocycles. The molecule has 1 atom stereocenters. The highest BCUT2D eigenvalue weighted by Gasteiger charge is 2.16. The Kier molecular flexibility index (Phi) is 4.41. The Morgan fingerprint density at radius 2 is 2.11 bits per heavy atom. The summed E-state index contributed by atoms with van der Waals surface area (Å²) in [6.07, 6.45) is 0.150. The largest absolute Gasteiger partial charge is 0.374 e. The normalized spacial score (nSPS) is 20.2. The Morgan fingerprint density at radius 1 is 1.42 bits per heavy atom. The summed E-state index contributed by atoms with van der Waals surface area (Å²) in [7, 11) is -1.68. The average Bonchev–Trinajstić information content (AvgIpc) is 2.39. The van der Waals surface area contributed by atoms with E-state index < -0.39 is 10.0 Å². The van der Waals surface area contributed by atoms with E-state index in [2.05, 4.69) is 5.32 Å². The molecule has 6 nitrogen and oxygen atoms in total. The molecule has 0 bridgehead atoms. The summed E-state index contributed by atoms with van der Waals surface area (Å²) in [5, 5.41) is 8.34. The van der Waals surface area contributed by atoms with Crippen LogP contribution in [0.5, 0.6) is 0 Å². The second-order valence-electron chi connectivity index (χ2n) is 4.62. The van der Waals surface area contributed by atoms with Gasteiger partial charge in [-0.2, -0.15) is 0 Å². The minimum atomic E-state index is -3.63. The van der Waals surface area contributed by atoms with Gasteiger partial charge in [0.1, 0.15) is 0 Å². The molecule has 1 aliphatic heterocycles. The molecule has 19 heavy (non-hydrogen) atoms. The number of nitrogens with two attached hydrogens (primary N) is 1. The summed E-state index contributed by atoms with van der Waals surface area (Å²) in [5.74, 6) is 0. The van der Waals surface area contributed by atoms with Crippen LogP contribution in [0.25, 0.3) is 0 Å². The minimum Gasteiger partial charge on any atom is -0.374 e. The highest BCUT2D eigenvalue weighted by molar-refractivity contribution is 7.89. The molecule has 1 unspecified atom stereocenters. The van der Waals surface area contributed by atoms with Crippen LogP contribution in [0.1, 0.15) is 0 Å². The lowest BCUT2D eigenvalue weighted by Crippen LogP contribution is -2.44. The molecule has 0 spiro atoms. The van der Waals surface area contributed by atoms with Crippen LogP contribution in [-0.4, -0.2) is 47.8 Å². The third kappa shape index (κ3) is 3.90. The second-order valence-corrected chi connectivity index (χ2v) is 6.18. The van der Waals surface area contributed by atoms with Gasteiger partial charge < -0.3 is 15.0 Å². The molecular weight excluding hydrogens is 266 g/mol. The maximum Gasteiger partial charge on any atom is 0.238 e. The van der Waals surface area contributed by atoms with E-state index in [4.69, 9.17) is 9.88 Å². The van der Waals surface area contributed by atoms with Crippen molar-refractivity contribution in [3.05, 3.63) is 24.3 Å². The number of nitrogens with one attached hydrogen (secondary N) is 1. The number of nitrogens with zero attached hydrogens (tertiary/aromatic N) is 1. The number of primary sulfonamides is 1. The third-order valence-corrected chi connectivity index (χ3v) is 4.02. The van der Waals surface area contributed by atoms with Gasteiger partial charge in [0.15, 0.2) is 0 Å². The van der Waals surface area contributed by atoms with Crippen molar-refractivity contribution in [3.8, 4) is 0 Å². The first-order valence-electron chi connectivity index (χ1n) is 6.13. The molecule has 0 amide bonds. The molecular formula is C12H19N3O3S. The summed E-state index contributed by atoms with van der Waals surface area (Å²) >= 11 is 0. The van der Waals surface area contributed by atoms with Gasteiger partial charge in [-0.1, -0.05) is 0 Å². The van der Waals surface area contributed by atoms with Crippen LogP contribution in [0, 0.1) is 0 Å². The molecule has 1 aromatic carbocycles. The summed E-state index contributed by atoms with van der Waals surface area (Å²) in [6, 6.07) is 6.52. The van der Waals surface area contributed by atoms with Gasteiger partial charge in [-0.15, -0.1) is 0 Å². The molecule has 0 saturated carbocycles. The molecule has 1 saturated heterocycles. The number of hydrogen-bond acceptors (Lipinski definition) is 5. The average molecular weight is 285 g/mol. The van der Waals surface area contributed by atoms with Crippen molar-refractivity contribution in [2.75, 3.05) is 38.2 Å². The van der Waals surface area contributed by atoms with Gasteiger partial charge in [0.05, 0.1) is 17.6 Å². The van der Waals surface area contributed by atoms with Crippen LogP contribution in [0.4, 0.5) is 5.69 Å². The third-order valence-electron chi connectivity index (χ3n) is 3.09. The number of anilines is 1. The molecule has 3 N–H and O–H groups in total. The van der Waals surface area contributed by atoms with Gasteiger partial charge >= 0.3 is 0 Å². The smallest absolute Gasteiger partial charge is 0.238 e. The van der Waals surface area contributed by atoms with E-state index in [9.17, 15) is 8.42 Å². The lowest BCUT2D eigenvalue weighted by molar-refractivity contribution is 0.0340. The predicted molar refractivity (Wildman–Crippen MR) is 73.7 cm³/mol. The molecule has 1 heterocycles. The van der Waals surface area contributed by atoms with Gasteiger partial charge in [0.2, 0.25) is 10.0 Å². The monoisotopic (exact) mass is 285 g/mol. The predicted octanol–water partition coefficient (Wildman–Crippen LogP) is -0.241. The number of likely N-dealkylation sites (N-methyl/N-ethyl adjacent to an activating group) is 1. The summed E-state index contributed by atoms with van der Waals surface area (Å²) in [5.41, 5.74) is 0.932. The van der Waals surface area contributed by atoms with Gasteiger partial charge in [0, 0.05) is 32.4 Å². The summed E-state index contributed by atoms with van der Waals surface area (Å²) < 4.78 is 28.0. The number of benzene rings is 1. The number of ether oxygens (including phenoxy) is 1. The Hall–Kier alpha value is -1.15. The Bertz CT molecular complexity index is 510. The molecule has 0 radical (unpaired) electrons. The first kappa shape index (κ1) is 14.3. The SMILES string of the molecule is CN(CC1CNCCO1)c1ccc(S(N)(=O)=O)cc1. The van der Waals surface area contributed by atoms with Crippen molar-refractivity contribution in [1.29, 1.82) is 0 Å². The number of morpholine rings is 1. The Morgan fingerprint density at radius 3 is 2.63 bits per heavy atom. The number of rotatable bonds is 4. The van der Waals surface area contributed by atoms with Crippen LogP contribution in [0.15, 0.2) is 29.2 Å². The number of hydrogen-bond donors (Lipinski definition) is 2. The van der Waals surface area contributed by atoms with Crippen LogP contribution in [0.3, 0.4) is 0 Å². The van der Waals surface area contributed by atoms with E-state index in [-0.39, 0.29) is 11.0 Å². The van der Waals surface area contributed by atoms with Crippen LogP contribution < -0.4 is 15.4 Å². The lowest BCUT2D eigenvalue weighted by Gasteiger charge is -2.29. The quantitative estimate of drug-likeness (QED) is 0.797. The van der Waals surface area contributed by atoms with Crippen LogP contribution >= 0.6 is 0 Å². The van der Waals surface area contributed by atoms with E-state index >= 15 is 0 Å². The first-order valence-corrected chi connectivity index (χ1v) is 7.68. The molecule has 106 valence electrons. The summed E-state index contributed by atoms with van der Waals surface area (Å²) in [4.78, 5) is 2.16. The topological polar surface area (TPSA) is 84.7 Å². The zero-order chi connectivity index (χ0) is 13.9. The van der Waals surface area contributed by atoms with Gasteiger partial charge in [-0.3, -0.25) is 0 Å². The van der Waals surface area contributed by atoms with Crippen LogP contribution in [-0.2, 0) is 14.8 Å². The zero-order valence-corrected chi connectivity index (χ0v) is 11.7. The van der Waals surface area contributed by atoms with Crippen molar-refractivity contribution >= 4 is 15.7 Å². The van der Waals surface area contributed by atoms with Crippen molar-refractivity contribution in [2.24, 2.45) is 5.14 Å². The Balaban J connectivity index is 2.01. The fraction of sp³-hybridized carbons (Fsp3) is 0.500. The lowest BCUT2D eigenvalue weighted by atomic mass is 10.2. The maximum atomic E-state index is 11.2. The molecule has 1 fully saturated rings. The maximum absolute atomic E-state index is 11.2. The molecule has 7 heteroatoms. The molecule has 1 aromatic rings. The molecule has 1 aliphatic rings.